The molecule has 228 valence electrons. The first-order valence-electron chi connectivity index (χ1n) is 13.0. The summed E-state index contributed by atoms with van der Waals surface area (Å²) in [5.41, 5.74) is 0. The van der Waals surface area contributed by atoms with E-state index in [9.17, 15) is 4.21 Å². The fraction of sp³-hybridized carbons (Fsp3) is 0.250. The van der Waals surface area contributed by atoms with Gasteiger partial charge in [0.1, 0.15) is 15.8 Å². The molecule has 0 saturated heterocycles. The molecule has 0 bridgehead atoms. The molecule has 11 heteroatoms. The summed E-state index contributed by atoms with van der Waals surface area (Å²) in [5, 5.41) is 0. The first kappa shape index (κ1) is 31.7. The summed E-state index contributed by atoms with van der Waals surface area (Å²) in [7, 11) is 10.0. The lowest BCUT2D eigenvalue weighted by molar-refractivity contribution is 0.352. The third-order valence-corrected chi connectivity index (χ3v) is 10.4. The Labute approximate surface area is 257 Å². The van der Waals surface area contributed by atoms with Crippen LogP contribution >= 0.6 is 0 Å². The van der Waals surface area contributed by atoms with Crippen molar-refractivity contribution in [2.45, 2.75) is 24.5 Å². The Hall–Kier alpha value is -4.22. The lowest BCUT2D eigenvalue weighted by Crippen LogP contribution is -2.11. The van der Waals surface area contributed by atoms with Crippen molar-refractivity contribution in [3.8, 4) is 46.0 Å². The van der Waals surface area contributed by atoms with Crippen molar-refractivity contribution < 1.29 is 42.1 Å². The van der Waals surface area contributed by atoms with Crippen LogP contribution in [0.1, 0.15) is 0 Å². The SMILES string of the molecule is COc1ccc(S(=O)c2cc(OC)c(OC)cc2[S+](c2ccc(OC)c(OC)c2)c2ccc(OC)c(OC)c2)cc1OC. The molecule has 0 aliphatic rings. The van der Waals surface area contributed by atoms with Crippen molar-refractivity contribution >= 4 is 21.7 Å². The normalized spacial score (nSPS) is 11.5. The number of rotatable bonds is 13. The third kappa shape index (κ3) is 6.42. The van der Waals surface area contributed by atoms with Crippen LogP contribution in [0, 0.1) is 0 Å². The van der Waals surface area contributed by atoms with E-state index in [0.717, 1.165) is 14.7 Å². The van der Waals surface area contributed by atoms with Gasteiger partial charge in [-0.05, 0) is 36.4 Å². The van der Waals surface area contributed by atoms with Crippen molar-refractivity contribution in [1.82, 2.24) is 0 Å². The number of ether oxygens (including phenoxy) is 8. The van der Waals surface area contributed by atoms with Gasteiger partial charge >= 0.3 is 0 Å². The second-order valence-electron chi connectivity index (χ2n) is 8.78. The summed E-state index contributed by atoms with van der Waals surface area (Å²) >= 11 is 0. The van der Waals surface area contributed by atoms with Gasteiger partial charge in [0, 0.05) is 35.2 Å². The Morgan fingerprint density at radius 1 is 0.442 bits per heavy atom. The molecule has 1 atom stereocenters. The molecule has 9 nitrogen and oxygen atoms in total. The lowest BCUT2D eigenvalue weighted by atomic mass is 10.3. The maximum Gasteiger partial charge on any atom is 0.187 e. The van der Waals surface area contributed by atoms with E-state index < -0.39 is 21.7 Å². The van der Waals surface area contributed by atoms with Crippen molar-refractivity contribution in [3.63, 3.8) is 0 Å². The first-order chi connectivity index (χ1) is 20.9. The predicted octanol–water partition coefficient (Wildman–Crippen LogP) is 6.02. The molecule has 4 aromatic rings. The summed E-state index contributed by atoms with van der Waals surface area (Å²) in [5.74, 6) is 4.22. The maximum absolute atomic E-state index is 14.5. The molecule has 0 radical (unpaired) electrons. The molecule has 0 saturated carbocycles. The van der Waals surface area contributed by atoms with E-state index in [0.29, 0.717) is 55.8 Å². The van der Waals surface area contributed by atoms with Gasteiger partial charge in [-0.1, -0.05) is 0 Å². The highest BCUT2D eigenvalue weighted by molar-refractivity contribution is 7.97. The number of benzene rings is 4. The van der Waals surface area contributed by atoms with Crippen LogP contribution in [-0.2, 0) is 21.7 Å². The van der Waals surface area contributed by atoms with Crippen LogP contribution in [-0.4, -0.2) is 61.1 Å². The Balaban J connectivity index is 2.05. The van der Waals surface area contributed by atoms with Crippen LogP contribution in [0.5, 0.6) is 46.0 Å². The van der Waals surface area contributed by atoms with E-state index in [4.69, 9.17) is 37.9 Å². The van der Waals surface area contributed by atoms with E-state index in [2.05, 4.69) is 0 Å². The van der Waals surface area contributed by atoms with E-state index in [1.807, 2.05) is 42.5 Å². The van der Waals surface area contributed by atoms with Crippen LogP contribution in [0.2, 0.25) is 0 Å². The van der Waals surface area contributed by atoms with E-state index >= 15 is 0 Å². The average Bonchev–Trinajstić information content (AvgIpc) is 3.06. The maximum atomic E-state index is 14.5. The minimum absolute atomic E-state index is 0.443. The second-order valence-corrected chi connectivity index (χ2v) is 12.2. The van der Waals surface area contributed by atoms with Crippen molar-refractivity contribution in [3.05, 3.63) is 66.7 Å². The molecule has 43 heavy (non-hydrogen) atoms. The molecule has 0 fully saturated rings. The minimum Gasteiger partial charge on any atom is -0.493 e. The number of hydrogen-bond acceptors (Lipinski definition) is 9. The Morgan fingerprint density at radius 2 is 0.814 bits per heavy atom. The number of methoxy groups -OCH3 is 8. The first-order valence-corrected chi connectivity index (χ1v) is 15.3. The summed E-state index contributed by atoms with van der Waals surface area (Å²) in [6, 6.07) is 20.3. The Bertz CT molecular complexity index is 1550. The zero-order chi connectivity index (χ0) is 31.1. The fourth-order valence-corrected chi connectivity index (χ4v) is 8.20. The zero-order valence-electron chi connectivity index (χ0n) is 25.3. The molecule has 0 heterocycles. The number of hydrogen-bond donors (Lipinski definition) is 0. The topological polar surface area (TPSA) is 90.9 Å². The molecular weight excluding hydrogens is 592 g/mol. The standard InChI is InChI=1S/C32H35O9S2/c1-34-23-12-9-20(15-26(23)37-4)42(21-10-13-24(35-2)27(16-21)38-5)31-18-29(40-7)30(41-8)19-32(31)43(33)22-11-14-25(36-3)28(17-22)39-6/h9-19H,1-8H3/q+1. The highest BCUT2D eigenvalue weighted by Crippen LogP contribution is 2.45. The van der Waals surface area contributed by atoms with Crippen LogP contribution < -0.4 is 37.9 Å². The molecule has 4 rings (SSSR count). The summed E-state index contributed by atoms with van der Waals surface area (Å²) in [6.45, 7) is 0. The molecule has 0 aliphatic carbocycles. The molecule has 0 spiro atoms. The van der Waals surface area contributed by atoms with Gasteiger partial charge in [-0.3, -0.25) is 0 Å². The summed E-state index contributed by atoms with van der Waals surface area (Å²) in [4.78, 5) is 3.54. The lowest BCUT2D eigenvalue weighted by Gasteiger charge is -2.17. The van der Waals surface area contributed by atoms with Gasteiger partial charge in [0.15, 0.2) is 60.7 Å². The molecular formula is C32H35O9S2+. The fourth-order valence-electron chi connectivity index (χ4n) is 4.48. The second kappa shape index (κ2) is 14.3. The van der Waals surface area contributed by atoms with Gasteiger partial charge in [-0.15, -0.1) is 0 Å². The molecule has 0 N–H and O–H groups in total. The van der Waals surface area contributed by atoms with Gasteiger partial charge in [0.05, 0.1) is 67.7 Å². The third-order valence-electron chi connectivity index (χ3n) is 6.62. The zero-order valence-corrected chi connectivity index (χ0v) is 27.0. The van der Waals surface area contributed by atoms with Crippen LogP contribution in [0.15, 0.2) is 91.2 Å². The smallest absolute Gasteiger partial charge is 0.187 e. The van der Waals surface area contributed by atoms with Crippen molar-refractivity contribution in [2.75, 3.05) is 56.9 Å². The van der Waals surface area contributed by atoms with Crippen LogP contribution in [0.3, 0.4) is 0 Å². The summed E-state index contributed by atoms with van der Waals surface area (Å²) < 4.78 is 59.1. The van der Waals surface area contributed by atoms with Gasteiger partial charge < -0.3 is 37.9 Å². The van der Waals surface area contributed by atoms with Crippen LogP contribution in [0.4, 0.5) is 0 Å². The van der Waals surface area contributed by atoms with E-state index in [1.54, 1.807) is 74.0 Å². The molecule has 1 unspecified atom stereocenters. The van der Waals surface area contributed by atoms with E-state index in [1.165, 1.54) is 7.11 Å². The van der Waals surface area contributed by atoms with Crippen molar-refractivity contribution in [1.29, 1.82) is 0 Å². The monoisotopic (exact) mass is 627 g/mol. The quantitative estimate of drug-likeness (QED) is 0.165. The molecule has 0 aliphatic heterocycles. The molecule has 0 aromatic heterocycles. The van der Waals surface area contributed by atoms with Crippen LogP contribution in [0.25, 0.3) is 0 Å². The van der Waals surface area contributed by atoms with Gasteiger partial charge in [-0.25, -0.2) is 4.21 Å². The molecule has 4 aromatic carbocycles. The Kier molecular flexibility index (Phi) is 10.5. The van der Waals surface area contributed by atoms with Gasteiger partial charge in [0.2, 0.25) is 0 Å². The Morgan fingerprint density at radius 3 is 1.26 bits per heavy atom. The largest absolute Gasteiger partial charge is 0.493 e. The van der Waals surface area contributed by atoms with Gasteiger partial charge in [0.25, 0.3) is 0 Å². The van der Waals surface area contributed by atoms with Gasteiger partial charge in [-0.2, -0.15) is 0 Å². The highest BCUT2D eigenvalue weighted by atomic mass is 32.2. The average molecular weight is 628 g/mol. The predicted molar refractivity (Wildman–Crippen MR) is 165 cm³/mol. The summed E-state index contributed by atoms with van der Waals surface area (Å²) in [6.07, 6.45) is 0. The molecule has 0 amide bonds. The van der Waals surface area contributed by atoms with Crippen molar-refractivity contribution in [2.24, 2.45) is 0 Å². The van der Waals surface area contributed by atoms with E-state index in [-0.39, 0.29) is 0 Å². The highest BCUT2D eigenvalue weighted by Gasteiger charge is 2.37. The minimum atomic E-state index is -1.67.